The van der Waals surface area contributed by atoms with Gasteiger partial charge in [0.1, 0.15) is 30.7 Å². The van der Waals surface area contributed by atoms with Crippen molar-refractivity contribution in [1.82, 2.24) is 9.55 Å². The van der Waals surface area contributed by atoms with Crippen molar-refractivity contribution >= 4 is 33.4 Å². The molecule has 19 nitrogen and oxygen atoms in total. The maximum Gasteiger partial charge on any atom is 0.481 e. The van der Waals surface area contributed by atoms with Crippen molar-refractivity contribution in [2.45, 2.75) is 186 Å². The number of esters is 2. The third kappa shape index (κ3) is 29.7. The van der Waals surface area contributed by atoms with Crippen molar-refractivity contribution in [2.75, 3.05) is 25.6 Å². The Morgan fingerprint density at radius 3 is 2.06 bits per heavy atom. The van der Waals surface area contributed by atoms with Crippen LogP contribution in [0.3, 0.4) is 0 Å². The Morgan fingerprint density at radius 1 is 0.800 bits per heavy atom. The summed E-state index contributed by atoms with van der Waals surface area (Å²) in [5.74, 6) is -0.643. The largest absolute Gasteiger partial charge is 0.481 e. The summed E-state index contributed by atoms with van der Waals surface area (Å²) in [6.07, 6.45) is 29.5. The van der Waals surface area contributed by atoms with Gasteiger partial charge in [0.15, 0.2) is 12.3 Å². The van der Waals surface area contributed by atoms with Gasteiger partial charge in [0, 0.05) is 19.0 Å². The second kappa shape index (κ2) is 36.4. The number of nitrogen functional groups attached to an aromatic ring is 1. The fourth-order valence-electron chi connectivity index (χ4n) is 7.02. The van der Waals surface area contributed by atoms with E-state index in [0.29, 0.717) is 32.1 Å². The molecule has 7 N–H and O–H groups in total. The number of aliphatic hydroxyl groups is 3. The van der Waals surface area contributed by atoms with E-state index >= 15 is 0 Å². The lowest BCUT2D eigenvalue weighted by atomic mass is 10.0. The molecule has 0 aromatic carbocycles. The number of nitrogens with two attached hydrogens (primary N) is 1. The van der Waals surface area contributed by atoms with E-state index in [1.807, 2.05) is 61.6 Å². The van der Waals surface area contributed by atoms with Gasteiger partial charge < -0.3 is 45.1 Å². The molecule has 0 aliphatic carbocycles. The summed E-state index contributed by atoms with van der Waals surface area (Å²) in [5.41, 5.74) is 4.58. The highest BCUT2D eigenvalue weighted by Gasteiger charge is 2.46. The number of unbranched alkanes of at least 4 members (excludes halogenated alkanes) is 11. The van der Waals surface area contributed by atoms with E-state index < -0.39 is 89.8 Å². The predicted molar refractivity (Wildman–Crippen MR) is 267 cm³/mol. The van der Waals surface area contributed by atoms with Crippen molar-refractivity contribution < 1.29 is 71.4 Å². The van der Waals surface area contributed by atoms with Crippen LogP contribution in [0.5, 0.6) is 0 Å². The molecule has 1 saturated heterocycles. The lowest BCUT2D eigenvalue weighted by molar-refractivity contribution is -0.161. The van der Waals surface area contributed by atoms with Gasteiger partial charge >= 0.3 is 33.3 Å². The number of hydrogen-bond donors (Lipinski definition) is 6. The molecule has 1 aromatic heterocycles. The Kier molecular flexibility index (Phi) is 32.5. The van der Waals surface area contributed by atoms with Gasteiger partial charge in [-0.05, 0) is 56.9 Å². The van der Waals surface area contributed by atoms with Crippen LogP contribution in [0.1, 0.15) is 155 Å². The van der Waals surface area contributed by atoms with Crippen LogP contribution < -0.4 is 11.4 Å². The average molecular weight is 1030 g/mol. The first-order valence-corrected chi connectivity index (χ1v) is 27.8. The number of aromatic nitrogens is 2. The summed E-state index contributed by atoms with van der Waals surface area (Å²) >= 11 is 0. The van der Waals surface area contributed by atoms with Gasteiger partial charge in [-0.15, -0.1) is 0 Å². The van der Waals surface area contributed by atoms with Crippen LogP contribution in [0.2, 0.25) is 0 Å². The smallest absolute Gasteiger partial charge is 0.462 e. The number of carbonyl (C=O) groups excluding carboxylic acids is 2. The summed E-state index contributed by atoms with van der Waals surface area (Å²) in [4.78, 5) is 61.8. The second-order valence-corrected chi connectivity index (χ2v) is 20.7. The topological polar surface area (TPSA) is 286 Å². The van der Waals surface area contributed by atoms with Gasteiger partial charge in [-0.1, -0.05) is 152 Å². The Labute approximate surface area is 414 Å². The Balaban J connectivity index is 1.84. The number of hydrogen-bond acceptors (Lipinski definition) is 16. The highest BCUT2D eigenvalue weighted by molar-refractivity contribution is 7.61. The molecule has 0 spiro atoms. The quantitative estimate of drug-likeness (QED) is 0.0118. The monoisotopic (exact) mass is 1030 g/mol. The van der Waals surface area contributed by atoms with E-state index in [0.717, 1.165) is 55.2 Å². The molecule has 0 bridgehead atoms. The van der Waals surface area contributed by atoms with E-state index in [9.17, 15) is 48.6 Å². The van der Waals surface area contributed by atoms with E-state index in [1.54, 1.807) is 6.08 Å². The zero-order valence-electron chi connectivity index (χ0n) is 41.3. The maximum atomic E-state index is 12.8. The number of phosphoric ester groups is 2. The molecule has 0 amide bonds. The summed E-state index contributed by atoms with van der Waals surface area (Å²) in [5, 5.41) is 30.7. The van der Waals surface area contributed by atoms with Crippen molar-refractivity contribution in [3.63, 3.8) is 0 Å². The average Bonchev–Trinajstić information content (AvgIpc) is 3.58. The zero-order chi connectivity index (χ0) is 51.6. The Bertz CT molecular complexity index is 1940. The first-order valence-electron chi connectivity index (χ1n) is 24.8. The highest BCUT2D eigenvalue weighted by atomic mass is 31.3. The Morgan fingerprint density at radius 2 is 1.40 bits per heavy atom. The van der Waals surface area contributed by atoms with E-state index in [1.165, 1.54) is 51.0 Å². The van der Waals surface area contributed by atoms with Crippen LogP contribution in [-0.2, 0) is 46.3 Å². The van der Waals surface area contributed by atoms with Gasteiger partial charge in [0.25, 0.3) is 0 Å². The van der Waals surface area contributed by atoms with Crippen molar-refractivity contribution in [3.05, 3.63) is 83.5 Å². The lowest BCUT2D eigenvalue weighted by Crippen LogP contribution is -2.36. The minimum absolute atomic E-state index is 0.0285. The molecule has 398 valence electrons. The predicted octanol–water partition coefficient (Wildman–Crippen LogP) is 8.77. The lowest BCUT2D eigenvalue weighted by Gasteiger charge is -2.21. The molecule has 0 saturated carbocycles. The van der Waals surface area contributed by atoms with E-state index in [-0.39, 0.29) is 18.7 Å². The minimum atomic E-state index is -5.44. The van der Waals surface area contributed by atoms with Gasteiger partial charge in [0.05, 0.1) is 19.3 Å². The third-order valence-corrected chi connectivity index (χ3v) is 13.5. The number of rotatable bonds is 39. The number of phosphoric acid groups is 2. The molecule has 2 rings (SSSR count). The van der Waals surface area contributed by atoms with Gasteiger partial charge in [-0.25, -0.2) is 13.9 Å². The number of nitrogens with zero attached hydrogens (tertiary/aromatic N) is 2. The maximum absolute atomic E-state index is 12.8. The molecule has 0 radical (unpaired) electrons. The molecule has 3 unspecified atom stereocenters. The fraction of sp³-hybridized carbons (Fsp3) is 0.673. The summed E-state index contributed by atoms with van der Waals surface area (Å²) in [7, 11) is -10.9. The molecule has 21 heteroatoms. The first-order chi connectivity index (χ1) is 33.4. The molecule has 1 fully saturated rings. The summed E-state index contributed by atoms with van der Waals surface area (Å²) in [6, 6.07) is 1.24. The van der Waals surface area contributed by atoms with Crippen molar-refractivity contribution in [3.8, 4) is 0 Å². The highest BCUT2D eigenvalue weighted by Crippen LogP contribution is 2.60. The number of carbonyl (C=O) groups is 2. The molecule has 1 aliphatic rings. The van der Waals surface area contributed by atoms with Crippen LogP contribution >= 0.6 is 15.6 Å². The molecular formula is C49H81N3O16P2. The van der Waals surface area contributed by atoms with Crippen LogP contribution in [0.25, 0.3) is 0 Å². The van der Waals surface area contributed by atoms with E-state index in [2.05, 4.69) is 23.1 Å². The number of anilines is 1. The van der Waals surface area contributed by atoms with Crippen LogP contribution in [0.4, 0.5) is 5.82 Å². The molecular weight excluding hydrogens is 948 g/mol. The second-order valence-electron chi connectivity index (χ2n) is 17.6. The molecule has 2 heterocycles. The normalized spacial score (nSPS) is 20.3. The first kappa shape index (κ1) is 62.5. The minimum Gasteiger partial charge on any atom is -0.462 e. The number of allylic oxidation sites excluding steroid dienone is 8. The van der Waals surface area contributed by atoms with Crippen molar-refractivity contribution in [2.24, 2.45) is 5.92 Å². The zero-order valence-corrected chi connectivity index (χ0v) is 43.1. The van der Waals surface area contributed by atoms with Crippen LogP contribution in [-0.4, -0.2) is 96.9 Å². The van der Waals surface area contributed by atoms with Crippen LogP contribution in [0, 0.1) is 5.92 Å². The van der Waals surface area contributed by atoms with Gasteiger partial charge in [-0.3, -0.25) is 23.2 Å². The standard InChI is InChI=1S/C49H81N3O16P2/c1-4-5-30-40(53)31-26-22-18-14-10-6-7-11-15-19-23-27-32-44(54)63-36-41(66-45(55)33-28-24-20-16-12-8-9-13-17-21-25-29-39(2)3)37-64-69(59,60)68-70(61,62)65-38-42-46(56)47(57)48(67-42)52-35-34-43(50)51-49(52)58/h5-7,14-15,18-19,22,26,30,34-35,39-42,46-48,53,56-57H,4,8-13,16-17,20-21,23-25,27-29,31-33,36-38H2,1-3H3,(H,59,60)(H,61,62)(H2,50,51,58)/b7-6-,18-14-,19-15-,26-22+,30-5-/t40?,41-,42-,46-,47-,48-/m1/s1. The van der Waals surface area contributed by atoms with Gasteiger partial charge in [-0.2, -0.15) is 9.29 Å². The van der Waals surface area contributed by atoms with Crippen molar-refractivity contribution in [1.29, 1.82) is 0 Å². The molecule has 70 heavy (non-hydrogen) atoms. The molecule has 8 atom stereocenters. The fourth-order valence-corrected chi connectivity index (χ4v) is 9.13. The van der Waals surface area contributed by atoms with Gasteiger partial charge in [0.2, 0.25) is 0 Å². The number of ether oxygens (including phenoxy) is 3. The SMILES string of the molecule is CC/C=C\C(O)C/C=C/C=C\C/C=C\C/C=C\CCCC(=O)OC[C@H](COP(=O)(O)OP(=O)(O)OC[C@H]1O[C@@H](n2ccc(N)nc2=O)[C@H](O)[C@@H]1O)OC(=O)CCCCCCCCCCCCCC(C)C. The Hall–Kier alpha value is -3.58. The summed E-state index contributed by atoms with van der Waals surface area (Å²) in [6.45, 7) is 4.14. The van der Waals surface area contributed by atoms with E-state index in [4.69, 9.17) is 29.0 Å². The summed E-state index contributed by atoms with van der Waals surface area (Å²) < 4.78 is 56.6. The third-order valence-electron chi connectivity index (χ3n) is 10.9. The molecule has 1 aliphatic heterocycles. The van der Waals surface area contributed by atoms with Crippen LogP contribution in [0.15, 0.2) is 77.8 Å². The number of aliphatic hydroxyl groups excluding tert-OH is 3. The molecule has 1 aromatic rings.